The molecule has 1 aliphatic carbocycles. The van der Waals surface area contributed by atoms with Crippen molar-refractivity contribution in [3.63, 3.8) is 0 Å². The van der Waals surface area contributed by atoms with Crippen LogP contribution < -0.4 is 0 Å². The van der Waals surface area contributed by atoms with E-state index in [-0.39, 0.29) is 0 Å². The van der Waals surface area contributed by atoms with E-state index in [0.717, 1.165) is 42.4 Å². The third kappa shape index (κ3) is 3.53. The van der Waals surface area contributed by atoms with Crippen LogP contribution in [0.5, 0.6) is 0 Å². The summed E-state index contributed by atoms with van der Waals surface area (Å²) in [7, 11) is 0. The molecule has 0 saturated carbocycles. The SMILES string of the molecule is CC(C)N(Cc1cccc(Cl)c1)Cc1noc2c1CCCC2. The number of benzene rings is 1. The van der Waals surface area contributed by atoms with Crippen molar-refractivity contribution in [1.82, 2.24) is 10.1 Å². The first-order valence-corrected chi connectivity index (χ1v) is 8.46. The molecule has 1 heterocycles. The Morgan fingerprint density at radius 3 is 2.82 bits per heavy atom. The van der Waals surface area contributed by atoms with Gasteiger partial charge >= 0.3 is 0 Å². The lowest BCUT2D eigenvalue weighted by Crippen LogP contribution is -2.30. The quantitative estimate of drug-likeness (QED) is 0.805. The fourth-order valence-corrected chi connectivity index (χ4v) is 3.27. The van der Waals surface area contributed by atoms with Gasteiger partial charge in [0.2, 0.25) is 0 Å². The van der Waals surface area contributed by atoms with E-state index in [1.807, 2.05) is 18.2 Å². The number of rotatable bonds is 5. The van der Waals surface area contributed by atoms with Crippen molar-refractivity contribution in [2.24, 2.45) is 0 Å². The third-order valence-corrected chi connectivity index (χ3v) is 4.62. The second-order valence-corrected chi connectivity index (χ2v) is 6.80. The molecular formula is C18H23ClN2O. The largest absolute Gasteiger partial charge is 0.361 e. The molecule has 2 aromatic rings. The molecule has 22 heavy (non-hydrogen) atoms. The number of aromatic nitrogens is 1. The summed E-state index contributed by atoms with van der Waals surface area (Å²) < 4.78 is 5.54. The van der Waals surface area contributed by atoms with Crippen LogP contribution in [0.3, 0.4) is 0 Å². The molecule has 0 unspecified atom stereocenters. The second kappa shape index (κ2) is 6.84. The van der Waals surface area contributed by atoms with Crippen LogP contribution in [0, 0.1) is 0 Å². The van der Waals surface area contributed by atoms with Gasteiger partial charge in [-0.3, -0.25) is 4.90 Å². The molecule has 0 saturated heterocycles. The number of nitrogens with zero attached hydrogens (tertiary/aromatic N) is 2. The summed E-state index contributed by atoms with van der Waals surface area (Å²) in [4.78, 5) is 2.42. The van der Waals surface area contributed by atoms with Gasteiger partial charge in [0, 0.05) is 36.1 Å². The van der Waals surface area contributed by atoms with Crippen LogP contribution >= 0.6 is 11.6 Å². The van der Waals surface area contributed by atoms with E-state index in [4.69, 9.17) is 16.1 Å². The van der Waals surface area contributed by atoms with Gasteiger partial charge in [-0.25, -0.2) is 0 Å². The lowest BCUT2D eigenvalue weighted by molar-refractivity contribution is 0.197. The minimum absolute atomic E-state index is 0.440. The van der Waals surface area contributed by atoms with Crippen molar-refractivity contribution >= 4 is 11.6 Å². The molecule has 3 nitrogen and oxygen atoms in total. The molecule has 0 aliphatic heterocycles. The number of halogens is 1. The lowest BCUT2D eigenvalue weighted by atomic mass is 9.96. The maximum Gasteiger partial charge on any atom is 0.140 e. The van der Waals surface area contributed by atoms with Crippen LogP contribution in [0.15, 0.2) is 28.8 Å². The van der Waals surface area contributed by atoms with Gasteiger partial charge in [0.25, 0.3) is 0 Å². The smallest absolute Gasteiger partial charge is 0.140 e. The standard InChI is InChI=1S/C18H23ClN2O/c1-13(2)21(11-14-6-5-7-15(19)10-14)12-17-16-8-3-4-9-18(16)22-20-17/h5-7,10,13H,3-4,8-9,11-12H2,1-2H3. The van der Waals surface area contributed by atoms with Crippen molar-refractivity contribution in [3.8, 4) is 0 Å². The molecule has 4 heteroatoms. The first-order valence-electron chi connectivity index (χ1n) is 8.08. The Labute approximate surface area is 137 Å². The van der Waals surface area contributed by atoms with Crippen molar-refractivity contribution in [2.75, 3.05) is 0 Å². The topological polar surface area (TPSA) is 29.3 Å². The van der Waals surface area contributed by atoms with Crippen LogP contribution in [0.4, 0.5) is 0 Å². The molecule has 0 spiro atoms. The Kier molecular flexibility index (Phi) is 4.84. The molecule has 1 aromatic carbocycles. The Morgan fingerprint density at radius 2 is 2.05 bits per heavy atom. The summed E-state index contributed by atoms with van der Waals surface area (Å²) in [5.74, 6) is 1.10. The van der Waals surface area contributed by atoms with E-state index in [1.54, 1.807) is 0 Å². The highest BCUT2D eigenvalue weighted by Gasteiger charge is 2.22. The molecule has 1 aliphatic rings. The van der Waals surface area contributed by atoms with E-state index >= 15 is 0 Å². The average Bonchev–Trinajstić information content (AvgIpc) is 2.90. The van der Waals surface area contributed by atoms with Crippen molar-refractivity contribution in [3.05, 3.63) is 51.9 Å². The fraction of sp³-hybridized carbons (Fsp3) is 0.500. The van der Waals surface area contributed by atoms with Crippen molar-refractivity contribution in [2.45, 2.75) is 58.7 Å². The molecule has 118 valence electrons. The minimum atomic E-state index is 0.440. The summed E-state index contributed by atoms with van der Waals surface area (Å²) in [6, 6.07) is 8.52. The average molecular weight is 319 g/mol. The summed E-state index contributed by atoms with van der Waals surface area (Å²) >= 11 is 6.10. The van der Waals surface area contributed by atoms with E-state index in [2.05, 4.69) is 30.0 Å². The summed E-state index contributed by atoms with van der Waals surface area (Å²) in [6.45, 7) is 6.15. The molecule has 0 radical (unpaired) electrons. The predicted molar refractivity (Wildman–Crippen MR) is 89.0 cm³/mol. The van der Waals surface area contributed by atoms with Gasteiger partial charge in [-0.2, -0.15) is 0 Å². The number of aryl methyl sites for hydroxylation is 1. The van der Waals surface area contributed by atoms with Crippen LogP contribution in [0.25, 0.3) is 0 Å². The molecular weight excluding hydrogens is 296 g/mol. The Morgan fingerprint density at radius 1 is 1.23 bits per heavy atom. The molecule has 3 rings (SSSR count). The van der Waals surface area contributed by atoms with Gasteiger partial charge in [-0.15, -0.1) is 0 Å². The maximum absolute atomic E-state index is 6.10. The Balaban J connectivity index is 1.76. The van der Waals surface area contributed by atoms with Crippen molar-refractivity contribution < 1.29 is 4.52 Å². The number of fused-ring (bicyclic) bond motifs is 1. The van der Waals surface area contributed by atoms with Gasteiger partial charge in [0.15, 0.2) is 0 Å². The van der Waals surface area contributed by atoms with E-state index in [1.165, 1.54) is 24.0 Å². The van der Waals surface area contributed by atoms with Crippen LogP contribution in [-0.4, -0.2) is 16.1 Å². The van der Waals surface area contributed by atoms with Crippen molar-refractivity contribution in [1.29, 1.82) is 0 Å². The van der Waals surface area contributed by atoms with Crippen LogP contribution in [-0.2, 0) is 25.9 Å². The molecule has 0 fully saturated rings. The number of hydrogen-bond donors (Lipinski definition) is 0. The van der Waals surface area contributed by atoms with Gasteiger partial charge in [0.1, 0.15) is 11.5 Å². The van der Waals surface area contributed by atoms with E-state index < -0.39 is 0 Å². The van der Waals surface area contributed by atoms with E-state index in [0.29, 0.717) is 6.04 Å². The predicted octanol–water partition coefficient (Wildman–Crippen LogP) is 4.62. The maximum atomic E-state index is 6.10. The third-order valence-electron chi connectivity index (χ3n) is 4.39. The highest BCUT2D eigenvalue weighted by molar-refractivity contribution is 6.30. The van der Waals surface area contributed by atoms with Gasteiger partial charge in [-0.05, 0) is 50.8 Å². The monoisotopic (exact) mass is 318 g/mol. The minimum Gasteiger partial charge on any atom is -0.361 e. The Bertz CT molecular complexity index is 636. The highest BCUT2D eigenvalue weighted by Crippen LogP contribution is 2.26. The zero-order valence-electron chi connectivity index (χ0n) is 13.3. The van der Waals surface area contributed by atoms with Gasteiger partial charge in [0.05, 0.1) is 0 Å². The second-order valence-electron chi connectivity index (χ2n) is 6.37. The zero-order valence-corrected chi connectivity index (χ0v) is 14.1. The first-order chi connectivity index (χ1) is 10.6. The van der Waals surface area contributed by atoms with Crippen LogP contribution in [0.2, 0.25) is 5.02 Å². The highest BCUT2D eigenvalue weighted by atomic mass is 35.5. The normalized spacial score (nSPS) is 14.6. The molecule has 1 aromatic heterocycles. The lowest BCUT2D eigenvalue weighted by Gasteiger charge is -2.26. The summed E-state index contributed by atoms with van der Waals surface area (Å²) in [5.41, 5.74) is 3.70. The first kappa shape index (κ1) is 15.6. The molecule has 0 bridgehead atoms. The number of hydrogen-bond acceptors (Lipinski definition) is 3. The fourth-order valence-electron chi connectivity index (χ4n) is 3.06. The van der Waals surface area contributed by atoms with Gasteiger partial charge in [-0.1, -0.05) is 28.9 Å². The Hall–Kier alpha value is -1.32. The zero-order chi connectivity index (χ0) is 15.5. The summed E-state index contributed by atoms with van der Waals surface area (Å²) in [5, 5.41) is 5.13. The van der Waals surface area contributed by atoms with E-state index in [9.17, 15) is 0 Å². The molecule has 0 N–H and O–H groups in total. The van der Waals surface area contributed by atoms with Gasteiger partial charge < -0.3 is 4.52 Å². The molecule has 0 amide bonds. The summed E-state index contributed by atoms with van der Waals surface area (Å²) in [6.07, 6.45) is 4.62. The molecule has 0 atom stereocenters. The van der Waals surface area contributed by atoms with Crippen LogP contribution in [0.1, 0.15) is 49.3 Å².